The second kappa shape index (κ2) is 8.70. The van der Waals surface area contributed by atoms with E-state index >= 15 is 0 Å². The highest BCUT2D eigenvalue weighted by Gasteiger charge is 2.02. The fourth-order valence-electron chi connectivity index (χ4n) is 2.17. The lowest BCUT2D eigenvalue weighted by Gasteiger charge is -2.20. The van der Waals surface area contributed by atoms with Crippen LogP contribution >= 0.6 is 11.3 Å². The van der Waals surface area contributed by atoms with Crippen LogP contribution in [0.1, 0.15) is 25.0 Å². The molecular formula is C16H24N4OS. The van der Waals surface area contributed by atoms with Crippen molar-refractivity contribution in [2.45, 2.75) is 26.2 Å². The number of thiophene rings is 1. The van der Waals surface area contributed by atoms with Crippen LogP contribution in [0.3, 0.4) is 0 Å². The minimum atomic E-state index is 0.900. The van der Waals surface area contributed by atoms with Crippen LogP contribution in [-0.4, -0.2) is 39.7 Å². The molecule has 0 aromatic carbocycles. The standard InChI is InChI=1S/C6H5NOS.C6H13N.C4H6N2/c1-4-6-5(8-7-4)2-3-9-6;1-7-5-3-2-4-6-7;1-6-3-2-5-4-6/h2-3H,1H3;2-6H2,1H3;2-4H,1H3. The van der Waals surface area contributed by atoms with Crippen molar-refractivity contribution in [1.29, 1.82) is 0 Å². The van der Waals surface area contributed by atoms with Crippen LogP contribution in [0.25, 0.3) is 10.3 Å². The molecule has 0 bridgehead atoms. The molecule has 0 unspecified atom stereocenters. The Morgan fingerprint density at radius 2 is 1.95 bits per heavy atom. The average molecular weight is 320 g/mol. The Kier molecular flexibility index (Phi) is 6.61. The van der Waals surface area contributed by atoms with Crippen LogP contribution in [0.15, 0.2) is 34.7 Å². The highest BCUT2D eigenvalue weighted by molar-refractivity contribution is 7.17. The monoisotopic (exact) mass is 320 g/mol. The second-order valence-electron chi connectivity index (χ2n) is 5.47. The zero-order valence-electron chi connectivity index (χ0n) is 13.5. The molecule has 3 aromatic heterocycles. The summed E-state index contributed by atoms with van der Waals surface area (Å²) in [7, 11) is 4.13. The Hall–Kier alpha value is -1.66. The van der Waals surface area contributed by atoms with E-state index in [4.69, 9.17) is 4.52 Å². The van der Waals surface area contributed by atoms with Gasteiger partial charge in [-0.25, -0.2) is 4.98 Å². The Morgan fingerprint density at radius 1 is 1.18 bits per heavy atom. The maximum absolute atomic E-state index is 4.95. The fraction of sp³-hybridized carbons (Fsp3) is 0.500. The zero-order valence-corrected chi connectivity index (χ0v) is 14.3. The number of likely N-dealkylation sites (tertiary alicyclic amines) is 1. The highest BCUT2D eigenvalue weighted by atomic mass is 32.1. The summed E-state index contributed by atoms with van der Waals surface area (Å²) in [4.78, 5) is 6.18. The lowest BCUT2D eigenvalue weighted by molar-refractivity contribution is 0.277. The van der Waals surface area contributed by atoms with Crippen molar-refractivity contribution in [3.63, 3.8) is 0 Å². The minimum Gasteiger partial charge on any atom is -0.355 e. The van der Waals surface area contributed by atoms with E-state index in [0.29, 0.717) is 0 Å². The van der Waals surface area contributed by atoms with Crippen molar-refractivity contribution in [2.75, 3.05) is 20.1 Å². The summed E-state index contributed by atoms with van der Waals surface area (Å²) >= 11 is 1.66. The zero-order chi connectivity index (χ0) is 15.8. The molecule has 0 spiro atoms. The molecule has 3 aromatic rings. The first-order valence-electron chi connectivity index (χ1n) is 7.57. The molecule has 4 heterocycles. The van der Waals surface area contributed by atoms with Gasteiger partial charge in [0.05, 0.1) is 16.7 Å². The van der Waals surface area contributed by atoms with Gasteiger partial charge >= 0.3 is 0 Å². The number of piperidine rings is 1. The first-order valence-corrected chi connectivity index (χ1v) is 8.44. The van der Waals surface area contributed by atoms with E-state index in [1.54, 1.807) is 23.9 Å². The number of hydrogen-bond donors (Lipinski definition) is 0. The molecule has 0 amide bonds. The van der Waals surface area contributed by atoms with Crippen molar-refractivity contribution in [2.24, 2.45) is 7.05 Å². The Balaban J connectivity index is 0.000000124. The number of nitrogens with zero attached hydrogens (tertiary/aromatic N) is 4. The SMILES string of the molecule is CN1CCCCC1.Cc1noc2ccsc12.Cn1ccnc1. The first kappa shape index (κ1) is 16.7. The van der Waals surface area contributed by atoms with Gasteiger partial charge in [-0.1, -0.05) is 11.6 Å². The van der Waals surface area contributed by atoms with Crippen molar-refractivity contribution in [3.8, 4) is 0 Å². The summed E-state index contributed by atoms with van der Waals surface area (Å²) < 4.78 is 8.00. The molecule has 5 nitrogen and oxygen atoms in total. The molecule has 1 saturated heterocycles. The van der Waals surface area contributed by atoms with E-state index in [9.17, 15) is 0 Å². The Labute approximate surface area is 135 Å². The van der Waals surface area contributed by atoms with Crippen LogP contribution < -0.4 is 0 Å². The predicted octanol–water partition coefficient (Wildman–Crippen LogP) is 3.72. The molecule has 0 radical (unpaired) electrons. The van der Waals surface area contributed by atoms with E-state index in [1.807, 2.05) is 36.2 Å². The Morgan fingerprint density at radius 3 is 2.41 bits per heavy atom. The van der Waals surface area contributed by atoms with Gasteiger partial charge in [-0.3, -0.25) is 0 Å². The third kappa shape index (κ3) is 5.27. The smallest absolute Gasteiger partial charge is 0.177 e. The van der Waals surface area contributed by atoms with Crippen LogP contribution in [0.2, 0.25) is 0 Å². The third-order valence-electron chi connectivity index (χ3n) is 3.45. The van der Waals surface area contributed by atoms with E-state index in [1.165, 1.54) is 32.4 Å². The van der Waals surface area contributed by atoms with Crippen molar-refractivity contribution >= 4 is 21.6 Å². The molecule has 0 N–H and O–H groups in total. The lowest BCUT2D eigenvalue weighted by atomic mass is 10.1. The van der Waals surface area contributed by atoms with Crippen molar-refractivity contribution in [3.05, 3.63) is 35.9 Å². The van der Waals surface area contributed by atoms with E-state index < -0.39 is 0 Å². The Bertz CT molecular complexity index is 638. The van der Waals surface area contributed by atoms with Crippen LogP contribution in [0.5, 0.6) is 0 Å². The van der Waals surface area contributed by atoms with E-state index in [-0.39, 0.29) is 0 Å². The normalized spacial score (nSPS) is 14.9. The largest absolute Gasteiger partial charge is 0.355 e. The van der Waals surface area contributed by atoms with Crippen LogP contribution in [0, 0.1) is 6.92 Å². The van der Waals surface area contributed by atoms with Gasteiger partial charge in [0, 0.05) is 19.4 Å². The van der Waals surface area contributed by atoms with Crippen molar-refractivity contribution in [1.82, 2.24) is 19.6 Å². The summed E-state index contributed by atoms with van der Waals surface area (Å²) in [6, 6.07) is 1.93. The summed E-state index contributed by atoms with van der Waals surface area (Å²) in [5, 5.41) is 5.79. The molecule has 4 rings (SSSR count). The number of imidazole rings is 1. The van der Waals surface area contributed by atoms with Gasteiger partial charge in [-0.2, -0.15) is 0 Å². The first-order chi connectivity index (χ1) is 10.7. The molecule has 1 aliphatic rings. The number of aromatic nitrogens is 3. The lowest BCUT2D eigenvalue weighted by Crippen LogP contribution is -2.24. The third-order valence-corrected chi connectivity index (χ3v) is 4.46. The summed E-state index contributed by atoms with van der Waals surface area (Å²) in [6.07, 6.45) is 9.66. The summed E-state index contributed by atoms with van der Waals surface area (Å²) in [5.74, 6) is 0. The van der Waals surface area contributed by atoms with Gasteiger partial charge in [0.25, 0.3) is 0 Å². The quantitative estimate of drug-likeness (QED) is 0.633. The number of aryl methyl sites for hydroxylation is 2. The van der Waals surface area contributed by atoms with Gasteiger partial charge in [0.2, 0.25) is 0 Å². The molecule has 120 valence electrons. The fourth-order valence-corrected chi connectivity index (χ4v) is 2.93. The predicted molar refractivity (Wildman–Crippen MR) is 91.2 cm³/mol. The van der Waals surface area contributed by atoms with Crippen molar-refractivity contribution < 1.29 is 4.52 Å². The molecule has 22 heavy (non-hydrogen) atoms. The van der Waals surface area contributed by atoms with E-state index in [2.05, 4.69) is 22.1 Å². The van der Waals surface area contributed by atoms with Gasteiger partial charge in [0.1, 0.15) is 0 Å². The minimum absolute atomic E-state index is 0.900. The molecule has 0 aliphatic carbocycles. The van der Waals surface area contributed by atoms with Gasteiger partial charge in [0.15, 0.2) is 5.58 Å². The molecule has 6 heteroatoms. The maximum Gasteiger partial charge on any atom is 0.177 e. The van der Waals surface area contributed by atoms with E-state index in [0.717, 1.165) is 16.0 Å². The maximum atomic E-state index is 4.95. The molecule has 1 fully saturated rings. The summed E-state index contributed by atoms with van der Waals surface area (Å²) in [5.41, 5.74) is 1.89. The topological polar surface area (TPSA) is 47.1 Å². The molecule has 1 aliphatic heterocycles. The van der Waals surface area contributed by atoms with Gasteiger partial charge in [-0.15, -0.1) is 11.3 Å². The molecule has 0 saturated carbocycles. The van der Waals surface area contributed by atoms with Gasteiger partial charge < -0.3 is 14.0 Å². The number of hydrogen-bond acceptors (Lipinski definition) is 5. The van der Waals surface area contributed by atoms with Crippen LogP contribution in [0.4, 0.5) is 0 Å². The van der Waals surface area contributed by atoms with Crippen LogP contribution in [-0.2, 0) is 7.05 Å². The number of fused-ring (bicyclic) bond motifs is 1. The second-order valence-corrected chi connectivity index (χ2v) is 6.39. The highest BCUT2D eigenvalue weighted by Crippen LogP contribution is 2.22. The number of rotatable bonds is 0. The summed E-state index contributed by atoms with van der Waals surface area (Å²) in [6.45, 7) is 4.59. The molecule has 0 atom stereocenters. The molecular weight excluding hydrogens is 296 g/mol. The average Bonchev–Trinajstić information content (AvgIpc) is 3.23. The van der Waals surface area contributed by atoms with Gasteiger partial charge in [-0.05, 0) is 51.3 Å².